The van der Waals surface area contributed by atoms with Gasteiger partial charge in [-0.25, -0.2) is 0 Å². The smallest absolute Gasteiger partial charge is 0.0291 e. The standard InChI is InChI=1S/C8H15Cl/c1-6(2)8(5-9)7(3)4/h7-8H,1,5H2,2-4H3. The Hall–Kier alpha value is 0.0300. The van der Waals surface area contributed by atoms with E-state index < -0.39 is 0 Å². The van der Waals surface area contributed by atoms with E-state index in [1.54, 1.807) is 0 Å². The monoisotopic (exact) mass is 146 g/mol. The predicted molar refractivity (Wildman–Crippen MR) is 43.9 cm³/mol. The largest absolute Gasteiger partial charge is 0.126 e. The lowest BCUT2D eigenvalue weighted by atomic mass is 9.92. The second-order valence-corrected chi connectivity index (χ2v) is 3.16. The van der Waals surface area contributed by atoms with Gasteiger partial charge in [-0.15, -0.1) is 11.6 Å². The van der Waals surface area contributed by atoms with Crippen LogP contribution in [0.5, 0.6) is 0 Å². The molecule has 0 radical (unpaired) electrons. The van der Waals surface area contributed by atoms with Crippen molar-refractivity contribution in [3.8, 4) is 0 Å². The van der Waals surface area contributed by atoms with Gasteiger partial charge in [0.05, 0.1) is 0 Å². The lowest BCUT2D eigenvalue weighted by Crippen LogP contribution is -2.10. The first-order valence-electron chi connectivity index (χ1n) is 3.31. The summed E-state index contributed by atoms with van der Waals surface area (Å²) in [5, 5.41) is 0. The Morgan fingerprint density at radius 2 is 2.00 bits per heavy atom. The Bertz CT molecular complexity index is 94.7. The van der Waals surface area contributed by atoms with Crippen LogP contribution in [0.2, 0.25) is 0 Å². The molecule has 0 bridgehead atoms. The average Bonchev–Trinajstić information content (AvgIpc) is 1.64. The third-order valence-electron chi connectivity index (χ3n) is 1.60. The van der Waals surface area contributed by atoms with E-state index in [4.69, 9.17) is 11.6 Å². The summed E-state index contributed by atoms with van der Waals surface area (Å²) < 4.78 is 0. The Morgan fingerprint density at radius 3 is 2.00 bits per heavy atom. The summed E-state index contributed by atoms with van der Waals surface area (Å²) in [6.07, 6.45) is 0. The molecular formula is C8H15Cl. The molecule has 1 heteroatoms. The molecule has 0 amide bonds. The van der Waals surface area contributed by atoms with Crippen molar-refractivity contribution in [2.75, 3.05) is 5.88 Å². The molecule has 54 valence electrons. The average molecular weight is 147 g/mol. The molecule has 0 fully saturated rings. The molecule has 0 nitrogen and oxygen atoms in total. The third kappa shape index (κ3) is 2.90. The van der Waals surface area contributed by atoms with Crippen LogP contribution in [-0.4, -0.2) is 5.88 Å². The fourth-order valence-electron chi connectivity index (χ4n) is 0.879. The maximum atomic E-state index is 5.70. The van der Waals surface area contributed by atoms with Gasteiger partial charge in [-0.1, -0.05) is 26.0 Å². The minimum Gasteiger partial charge on any atom is -0.126 e. The van der Waals surface area contributed by atoms with Gasteiger partial charge in [0, 0.05) is 5.88 Å². The van der Waals surface area contributed by atoms with Crippen LogP contribution >= 0.6 is 11.6 Å². The maximum Gasteiger partial charge on any atom is 0.0291 e. The third-order valence-corrected chi connectivity index (χ3v) is 1.94. The summed E-state index contributed by atoms with van der Waals surface area (Å²) in [6, 6.07) is 0. The predicted octanol–water partition coefficient (Wildman–Crippen LogP) is 3.07. The van der Waals surface area contributed by atoms with Crippen LogP contribution in [0.15, 0.2) is 12.2 Å². The number of allylic oxidation sites excluding steroid dienone is 1. The van der Waals surface area contributed by atoms with Crippen LogP contribution in [0.4, 0.5) is 0 Å². The quantitative estimate of drug-likeness (QED) is 0.424. The van der Waals surface area contributed by atoms with Gasteiger partial charge in [-0.3, -0.25) is 0 Å². The Labute approximate surface area is 62.9 Å². The van der Waals surface area contributed by atoms with Crippen molar-refractivity contribution < 1.29 is 0 Å². The van der Waals surface area contributed by atoms with E-state index in [0.717, 1.165) is 0 Å². The van der Waals surface area contributed by atoms with E-state index in [0.29, 0.717) is 17.7 Å². The Balaban J connectivity index is 3.83. The van der Waals surface area contributed by atoms with Crippen molar-refractivity contribution in [1.82, 2.24) is 0 Å². The van der Waals surface area contributed by atoms with E-state index in [2.05, 4.69) is 20.4 Å². The van der Waals surface area contributed by atoms with Gasteiger partial charge in [0.15, 0.2) is 0 Å². The molecule has 0 rings (SSSR count). The highest BCUT2D eigenvalue weighted by molar-refractivity contribution is 6.18. The molecular weight excluding hydrogens is 132 g/mol. The fraction of sp³-hybridized carbons (Fsp3) is 0.750. The van der Waals surface area contributed by atoms with Gasteiger partial charge in [0.1, 0.15) is 0 Å². The summed E-state index contributed by atoms with van der Waals surface area (Å²) in [5.74, 6) is 1.82. The number of hydrogen-bond acceptors (Lipinski definition) is 0. The minimum atomic E-state index is 0.492. The number of rotatable bonds is 3. The zero-order chi connectivity index (χ0) is 7.44. The van der Waals surface area contributed by atoms with E-state index in [1.807, 2.05) is 6.92 Å². The molecule has 0 aromatic heterocycles. The SMILES string of the molecule is C=C(C)C(CCl)C(C)C. The Kier molecular flexibility index (Phi) is 3.96. The molecule has 0 aromatic rings. The van der Waals surface area contributed by atoms with Gasteiger partial charge >= 0.3 is 0 Å². The molecule has 1 atom stereocenters. The second-order valence-electron chi connectivity index (χ2n) is 2.85. The van der Waals surface area contributed by atoms with Crippen molar-refractivity contribution >= 4 is 11.6 Å². The van der Waals surface area contributed by atoms with Crippen molar-refractivity contribution in [1.29, 1.82) is 0 Å². The summed E-state index contributed by atoms with van der Waals surface area (Å²) in [7, 11) is 0. The normalized spacial score (nSPS) is 13.9. The highest BCUT2D eigenvalue weighted by Crippen LogP contribution is 2.19. The first-order valence-corrected chi connectivity index (χ1v) is 3.84. The number of hydrogen-bond donors (Lipinski definition) is 0. The summed E-state index contributed by atoms with van der Waals surface area (Å²) in [5.41, 5.74) is 1.19. The first kappa shape index (κ1) is 9.03. The molecule has 0 aliphatic heterocycles. The lowest BCUT2D eigenvalue weighted by molar-refractivity contribution is 0.486. The Morgan fingerprint density at radius 1 is 1.56 bits per heavy atom. The van der Waals surface area contributed by atoms with Crippen LogP contribution < -0.4 is 0 Å². The van der Waals surface area contributed by atoms with Crippen molar-refractivity contribution in [2.45, 2.75) is 20.8 Å². The zero-order valence-corrected chi connectivity index (χ0v) is 7.20. The molecule has 0 N–H and O–H groups in total. The van der Waals surface area contributed by atoms with E-state index in [1.165, 1.54) is 5.57 Å². The topological polar surface area (TPSA) is 0 Å². The van der Waals surface area contributed by atoms with Crippen LogP contribution in [0, 0.1) is 11.8 Å². The molecule has 0 saturated carbocycles. The summed E-state index contributed by atoms with van der Waals surface area (Å²) in [4.78, 5) is 0. The van der Waals surface area contributed by atoms with Crippen molar-refractivity contribution in [3.63, 3.8) is 0 Å². The van der Waals surface area contributed by atoms with Gasteiger partial charge in [0.25, 0.3) is 0 Å². The molecule has 0 aromatic carbocycles. The molecule has 1 unspecified atom stereocenters. The van der Waals surface area contributed by atoms with Crippen LogP contribution in [0.25, 0.3) is 0 Å². The van der Waals surface area contributed by atoms with Crippen LogP contribution in [-0.2, 0) is 0 Å². The molecule has 0 saturated heterocycles. The lowest BCUT2D eigenvalue weighted by Gasteiger charge is -2.17. The van der Waals surface area contributed by atoms with E-state index in [-0.39, 0.29) is 0 Å². The molecule has 0 heterocycles. The highest BCUT2D eigenvalue weighted by atomic mass is 35.5. The van der Waals surface area contributed by atoms with Gasteiger partial charge in [-0.05, 0) is 18.8 Å². The molecule has 0 spiro atoms. The number of alkyl halides is 1. The zero-order valence-electron chi connectivity index (χ0n) is 6.45. The van der Waals surface area contributed by atoms with Crippen LogP contribution in [0.3, 0.4) is 0 Å². The van der Waals surface area contributed by atoms with Crippen molar-refractivity contribution in [3.05, 3.63) is 12.2 Å². The van der Waals surface area contributed by atoms with Gasteiger partial charge < -0.3 is 0 Å². The maximum absolute atomic E-state index is 5.70. The van der Waals surface area contributed by atoms with E-state index in [9.17, 15) is 0 Å². The minimum absolute atomic E-state index is 0.492. The van der Waals surface area contributed by atoms with E-state index >= 15 is 0 Å². The van der Waals surface area contributed by atoms with Gasteiger partial charge in [-0.2, -0.15) is 0 Å². The second kappa shape index (κ2) is 3.94. The van der Waals surface area contributed by atoms with Crippen LogP contribution in [0.1, 0.15) is 20.8 Å². The van der Waals surface area contributed by atoms with Gasteiger partial charge in [0.2, 0.25) is 0 Å². The fourth-order valence-corrected chi connectivity index (χ4v) is 1.50. The molecule has 0 aliphatic carbocycles. The highest BCUT2D eigenvalue weighted by Gasteiger charge is 2.11. The van der Waals surface area contributed by atoms with Crippen molar-refractivity contribution in [2.24, 2.45) is 11.8 Å². The molecule has 0 aliphatic rings. The summed E-state index contributed by atoms with van der Waals surface area (Å²) in [6.45, 7) is 10.2. The molecule has 9 heavy (non-hydrogen) atoms. The summed E-state index contributed by atoms with van der Waals surface area (Å²) >= 11 is 5.70. The first-order chi connectivity index (χ1) is 4.09. The number of halogens is 1.